The number of carbonyl (C=O) groups is 1. The molecule has 4 aliphatic rings. The van der Waals surface area contributed by atoms with Crippen molar-refractivity contribution in [3.63, 3.8) is 0 Å². The van der Waals surface area contributed by atoms with Gasteiger partial charge in [0.25, 0.3) is 0 Å². The molecular weight excluding hydrogens is 352 g/mol. The van der Waals surface area contributed by atoms with Gasteiger partial charge in [0.15, 0.2) is 5.78 Å². The first-order valence-corrected chi connectivity index (χ1v) is 12.6. The summed E-state index contributed by atoms with van der Waals surface area (Å²) in [6.45, 7) is 14.7. The monoisotopic (exact) mass is 396 g/mol. The Hall–Kier alpha value is -0.850. The third-order valence-corrected chi connectivity index (χ3v) is 10.4. The first kappa shape index (κ1) is 21.4. The van der Waals surface area contributed by atoms with Gasteiger partial charge in [-0.05, 0) is 103 Å². The van der Waals surface area contributed by atoms with E-state index in [-0.39, 0.29) is 0 Å². The van der Waals surface area contributed by atoms with Crippen LogP contribution in [-0.4, -0.2) is 5.78 Å². The smallest absolute Gasteiger partial charge is 0.155 e. The Morgan fingerprint density at radius 2 is 1.69 bits per heavy atom. The zero-order chi connectivity index (χ0) is 21.0. The predicted molar refractivity (Wildman–Crippen MR) is 123 cm³/mol. The number of allylic oxidation sites excluding steroid dienone is 3. The van der Waals surface area contributed by atoms with Crippen molar-refractivity contribution in [1.82, 2.24) is 0 Å². The molecule has 3 fully saturated rings. The molecule has 0 bridgehead atoms. The summed E-state index contributed by atoms with van der Waals surface area (Å²) in [6.07, 6.45) is 17.2. The van der Waals surface area contributed by atoms with E-state index >= 15 is 0 Å². The summed E-state index contributed by atoms with van der Waals surface area (Å²) >= 11 is 0. The van der Waals surface area contributed by atoms with Crippen LogP contribution >= 0.6 is 0 Å². The second-order valence-electron chi connectivity index (χ2n) is 12.0. The highest BCUT2D eigenvalue weighted by atomic mass is 16.1. The Morgan fingerprint density at radius 3 is 2.41 bits per heavy atom. The van der Waals surface area contributed by atoms with Gasteiger partial charge in [-0.3, -0.25) is 4.79 Å². The summed E-state index contributed by atoms with van der Waals surface area (Å²) in [5, 5.41) is 0. The predicted octanol–water partition coefficient (Wildman–Crippen LogP) is 7.62. The number of hydrogen-bond acceptors (Lipinski definition) is 1. The van der Waals surface area contributed by atoms with Crippen LogP contribution in [0.5, 0.6) is 0 Å². The van der Waals surface area contributed by atoms with E-state index in [1.54, 1.807) is 0 Å². The fourth-order valence-corrected chi connectivity index (χ4v) is 8.17. The lowest BCUT2D eigenvalue weighted by Crippen LogP contribution is -2.50. The van der Waals surface area contributed by atoms with Gasteiger partial charge in [0.1, 0.15) is 0 Å². The van der Waals surface area contributed by atoms with E-state index in [1.807, 2.05) is 6.08 Å². The molecule has 0 N–H and O–H groups in total. The fraction of sp³-hybridized carbons (Fsp3) is 0.821. The molecule has 0 spiro atoms. The lowest BCUT2D eigenvalue weighted by Gasteiger charge is -2.58. The largest absolute Gasteiger partial charge is 0.295 e. The molecule has 29 heavy (non-hydrogen) atoms. The summed E-state index contributed by atoms with van der Waals surface area (Å²) in [5.74, 6) is 5.95. The first-order chi connectivity index (χ1) is 13.7. The number of rotatable bonds is 4. The van der Waals surface area contributed by atoms with Crippen molar-refractivity contribution in [2.24, 2.45) is 52.3 Å². The van der Waals surface area contributed by atoms with Crippen molar-refractivity contribution in [2.45, 2.75) is 92.9 Å². The molecule has 0 aromatic rings. The molecule has 0 saturated heterocycles. The van der Waals surface area contributed by atoms with Crippen LogP contribution in [0.3, 0.4) is 0 Å². The highest BCUT2D eigenvalue weighted by molar-refractivity contribution is 5.91. The van der Waals surface area contributed by atoms with E-state index in [1.165, 1.54) is 44.1 Å². The minimum absolute atomic E-state index is 0.314. The molecule has 6 unspecified atom stereocenters. The molecule has 0 aromatic heterocycles. The van der Waals surface area contributed by atoms with Gasteiger partial charge in [0.2, 0.25) is 0 Å². The van der Waals surface area contributed by atoms with Crippen molar-refractivity contribution in [2.75, 3.05) is 0 Å². The van der Waals surface area contributed by atoms with Gasteiger partial charge < -0.3 is 0 Å². The van der Waals surface area contributed by atoms with E-state index in [0.29, 0.717) is 28.4 Å². The lowest BCUT2D eigenvalue weighted by molar-refractivity contribution is -0.117. The maximum atomic E-state index is 12.0. The van der Waals surface area contributed by atoms with E-state index in [4.69, 9.17) is 0 Å². The number of hydrogen-bond donors (Lipinski definition) is 0. The van der Waals surface area contributed by atoms with Gasteiger partial charge >= 0.3 is 0 Å². The van der Waals surface area contributed by atoms with Crippen molar-refractivity contribution < 1.29 is 4.79 Å². The average molecular weight is 397 g/mol. The van der Waals surface area contributed by atoms with Crippen molar-refractivity contribution in [3.8, 4) is 0 Å². The van der Waals surface area contributed by atoms with Crippen LogP contribution in [0.15, 0.2) is 23.8 Å². The zero-order valence-electron chi connectivity index (χ0n) is 19.8. The highest BCUT2D eigenvalue weighted by Crippen LogP contribution is 2.67. The van der Waals surface area contributed by atoms with Crippen molar-refractivity contribution in [3.05, 3.63) is 23.8 Å². The number of fused-ring (bicyclic) bond motifs is 5. The van der Waals surface area contributed by atoms with E-state index in [0.717, 1.165) is 42.4 Å². The molecule has 0 radical (unpaired) electrons. The van der Waals surface area contributed by atoms with Gasteiger partial charge in [-0.2, -0.15) is 0 Å². The Balaban J connectivity index is 1.53. The van der Waals surface area contributed by atoms with Crippen molar-refractivity contribution >= 4 is 5.78 Å². The van der Waals surface area contributed by atoms with Crippen LogP contribution in [-0.2, 0) is 4.79 Å². The second-order valence-corrected chi connectivity index (χ2v) is 12.0. The Labute approximate surface area is 179 Å². The van der Waals surface area contributed by atoms with Gasteiger partial charge in [0.05, 0.1) is 0 Å². The van der Waals surface area contributed by atoms with Crippen LogP contribution in [0.4, 0.5) is 0 Å². The van der Waals surface area contributed by atoms with Gasteiger partial charge in [0, 0.05) is 6.42 Å². The van der Waals surface area contributed by atoms with E-state index in [2.05, 4.69) is 53.7 Å². The molecule has 1 heteroatoms. The Morgan fingerprint density at radius 1 is 0.931 bits per heavy atom. The summed E-state index contributed by atoms with van der Waals surface area (Å²) in [5.41, 5.74) is 2.34. The van der Waals surface area contributed by atoms with Crippen LogP contribution < -0.4 is 0 Å². The standard InChI is InChI=1S/C28H44O/c1-18(2)19(3)7-8-20(4)24-11-12-25-23-10-9-21-17-22(29)13-15-27(21,5)26(23)14-16-28(24,25)6/h7-8,17-20,23-26H,9-16H2,1-6H3/t19?,20?,23?,24?,25?,26?,27-,28+/m0/s1. The molecule has 0 aromatic carbocycles. The first-order valence-electron chi connectivity index (χ1n) is 12.6. The molecule has 4 aliphatic carbocycles. The summed E-state index contributed by atoms with van der Waals surface area (Å²) in [4.78, 5) is 12.0. The minimum atomic E-state index is 0.314. The topological polar surface area (TPSA) is 17.1 Å². The van der Waals surface area contributed by atoms with Crippen molar-refractivity contribution in [1.29, 1.82) is 0 Å². The molecule has 0 amide bonds. The fourth-order valence-electron chi connectivity index (χ4n) is 8.17. The molecule has 0 aliphatic heterocycles. The minimum Gasteiger partial charge on any atom is -0.295 e. The average Bonchev–Trinajstić information content (AvgIpc) is 3.03. The second kappa shape index (κ2) is 7.69. The van der Waals surface area contributed by atoms with Gasteiger partial charge in [-0.15, -0.1) is 0 Å². The summed E-state index contributed by atoms with van der Waals surface area (Å²) < 4.78 is 0. The molecule has 1 nitrogen and oxygen atoms in total. The maximum Gasteiger partial charge on any atom is 0.155 e. The number of ketones is 1. The molecule has 3 saturated carbocycles. The van der Waals surface area contributed by atoms with Crippen LogP contribution in [0.25, 0.3) is 0 Å². The summed E-state index contributed by atoms with van der Waals surface area (Å²) in [6, 6.07) is 0. The number of carbonyl (C=O) groups excluding carboxylic acids is 1. The van der Waals surface area contributed by atoms with Gasteiger partial charge in [-0.25, -0.2) is 0 Å². The van der Waals surface area contributed by atoms with Gasteiger partial charge in [-0.1, -0.05) is 59.3 Å². The SMILES string of the molecule is CC(C)C(C)C=CC(C)C1CCC2C3CCC4=CC(=O)CC[C@]4(C)C3CC[C@]12C. The van der Waals surface area contributed by atoms with Crippen LogP contribution in [0.1, 0.15) is 92.9 Å². The third kappa shape index (κ3) is 3.49. The summed E-state index contributed by atoms with van der Waals surface area (Å²) in [7, 11) is 0. The molecule has 8 atom stereocenters. The Kier molecular flexibility index (Phi) is 5.67. The Bertz CT molecular complexity index is 699. The molecule has 0 heterocycles. The molecular formula is C28H44O. The van der Waals surface area contributed by atoms with Crippen LogP contribution in [0.2, 0.25) is 0 Å². The maximum absolute atomic E-state index is 12.0. The molecule has 4 rings (SSSR count). The third-order valence-electron chi connectivity index (χ3n) is 10.4. The lowest BCUT2D eigenvalue weighted by atomic mass is 9.46. The quantitative estimate of drug-likeness (QED) is 0.447. The molecule has 162 valence electrons. The zero-order valence-corrected chi connectivity index (χ0v) is 19.8. The van der Waals surface area contributed by atoms with E-state index in [9.17, 15) is 4.79 Å². The van der Waals surface area contributed by atoms with E-state index < -0.39 is 0 Å². The highest BCUT2D eigenvalue weighted by Gasteiger charge is 2.59. The van der Waals surface area contributed by atoms with Crippen LogP contribution in [0, 0.1) is 52.3 Å². The normalized spacial score (nSPS) is 44.2.